The first-order valence-corrected chi connectivity index (χ1v) is 10.0. The largest absolute Gasteiger partial charge is 0.493 e. The Morgan fingerprint density at radius 2 is 2.10 bits per heavy atom. The number of ether oxygens (including phenoxy) is 2. The topological polar surface area (TPSA) is 75.2 Å². The second kappa shape index (κ2) is 12.7. The fourth-order valence-electron chi connectivity index (χ4n) is 3.53. The van der Waals surface area contributed by atoms with E-state index in [0.29, 0.717) is 31.2 Å². The molecule has 8 heteroatoms. The van der Waals surface area contributed by atoms with E-state index in [9.17, 15) is 4.79 Å². The Labute approximate surface area is 197 Å². The van der Waals surface area contributed by atoms with Gasteiger partial charge in [-0.3, -0.25) is 9.79 Å². The molecule has 1 unspecified atom stereocenters. The molecule has 168 valence electrons. The van der Waals surface area contributed by atoms with Gasteiger partial charge in [-0.1, -0.05) is 19.9 Å². The van der Waals surface area contributed by atoms with Crippen LogP contribution in [-0.2, 0) is 17.8 Å². The number of guanidine groups is 1. The summed E-state index contributed by atoms with van der Waals surface area (Å²) in [6.07, 6.45) is 3.46. The first-order chi connectivity index (χ1) is 13.9. The Hall–Kier alpha value is -1.97. The zero-order valence-corrected chi connectivity index (χ0v) is 21.0. The van der Waals surface area contributed by atoms with Gasteiger partial charge in [0.2, 0.25) is 5.91 Å². The van der Waals surface area contributed by atoms with E-state index in [1.807, 2.05) is 30.9 Å². The maximum Gasteiger partial charge on any atom is 0.225 e. The molecule has 2 rings (SSSR count). The number of hydrogen-bond donors (Lipinski definition) is 2. The van der Waals surface area contributed by atoms with Gasteiger partial charge in [0.1, 0.15) is 0 Å². The lowest BCUT2D eigenvalue weighted by molar-refractivity contribution is -0.133. The number of nitrogens with zero attached hydrogens (tertiary/aromatic N) is 2. The summed E-state index contributed by atoms with van der Waals surface area (Å²) in [4.78, 5) is 18.4. The average molecular weight is 530 g/mol. The quantitative estimate of drug-likeness (QED) is 0.234. The highest BCUT2D eigenvalue weighted by Gasteiger charge is 2.28. The molecule has 0 bridgehead atoms. The lowest BCUT2D eigenvalue weighted by Crippen LogP contribution is -2.45. The molecule has 7 nitrogen and oxygen atoms in total. The first kappa shape index (κ1) is 26.1. The molecule has 1 heterocycles. The molecule has 1 amide bonds. The lowest BCUT2D eigenvalue weighted by Gasteiger charge is -2.20. The minimum atomic E-state index is 0. The molecule has 1 atom stereocenters. The molecule has 0 aromatic heterocycles. The Morgan fingerprint density at radius 1 is 1.37 bits per heavy atom. The SMILES string of the molecule is C=CCc1cc(CNC(=NC)NC2CCN(C(=O)C(C)C)C2)cc(OC)c1OC.I. The Kier molecular flexibility index (Phi) is 11.0. The van der Waals surface area contributed by atoms with Crippen molar-refractivity contribution < 1.29 is 14.3 Å². The van der Waals surface area contributed by atoms with Crippen molar-refractivity contribution in [3.8, 4) is 11.5 Å². The van der Waals surface area contributed by atoms with Crippen LogP contribution < -0.4 is 20.1 Å². The van der Waals surface area contributed by atoms with Crippen molar-refractivity contribution in [3.05, 3.63) is 35.9 Å². The van der Waals surface area contributed by atoms with E-state index in [-0.39, 0.29) is 41.8 Å². The van der Waals surface area contributed by atoms with Crippen molar-refractivity contribution >= 4 is 35.8 Å². The molecule has 1 aliphatic heterocycles. The average Bonchev–Trinajstić information content (AvgIpc) is 3.18. The number of benzene rings is 1. The summed E-state index contributed by atoms with van der Waals surface area (Å²) in [7, 11) is 5.03. The van der Waals surface area contributed by atoms with Crippen molar-refractivity contribution in [2.75, 3.05) is 34.4 Å². The monoisotopic (exact) mass is 530 g/mol. The highest BCUT2D eigenvalue weighted by Crippen LogP contribution is 2.33. The van der Waals surface area contributed by atoms with E-state index in [2.05, 4.69) is 28.3 Å². The lowest BCUT2D eigenvalue weighted by atomic mass is 10.1. The number of likely N-dealkylation sites (tertiary alicyclic amines) is 1. The molecule has 1 aromatic rings. The number of amides is 1. The van der Waals surface area contributed by atoms with Crippen LogP contribution in [0.3, 0.4) is 0 Å². The third-order valence-electron chi connectivity index (χ3n) is 5.00. The number of carbonyl (C=O) groups excluding carboxylic acids is 1. The molecule has 0 radical (unpaired) electrons. The van der Waals surface area contributed by atoms with Gasteiger partial charge in [-0.2, -0.15) is 0 Å². The summed E-state index contributed by atoms with van der Waals surface area (Å²) in [5.41, 5.74) is 2.09. The summed E-state index contributed by atoms with van der Waals surface area (Å²) in [5.74, 6) is 2.39. The predicted molar refractivity (Wildman–Crippen MR) is 132 cm³/mol. The Balaban J connectivity index is 0.00000450. The van der Waals surface area contributed by atoms with Crippen molar-refractivity contribution in [2.24, 2.45) is 10.9 Å². The highest BCUT2D eigenvalue weighted by atomic mass is 127. The van der Waals surface area contributed by atoms with Crippen LogP contribution in [0.25, 0.3) is 0 Å². The predicted octanol–water partition coefficient (Wildman–Crippen LogP) is 2.97. The third-order valence-corrected chi connectivity index (χ3v) is 5.00. The van der Waals surface area contributed by atoms with Gasteiger partial charge in [-0.25, -0.2) is 0 Å². The van der Waals surface area contributed by atoms with Gasteiger partial charge in [-0.15, -0.1) is 30.6 Å². The summed E-state index contributed by atoms with van der Waals surface area (Å²) in [6, 6.07) is 4.25. The zero-order chi connectivity index (χ0) is 21.4. The molecule has 0 aliphatic carbocycles. The minimum absolute atomic E-state index is 0. The number of allylic oxidation sites excluding steroid dienone is 1. The Morgan fingerprint density at radius 3 is 2.67 bits per heavy atom. The number of aliphatic imine (C=N–C) groups is 1. The van der Waals surface area contributed by atoms with Crippen molar-refractivity contribution in [1.82, 2.24) is 15.5 Å². The first-order valence-electron chi connectivity index (χ1n) is 10.0. The van der Waals surface area contributed by atoms with Crippen molar-refractivity contribution in [1.29, 1.82) is 0 Å². The van der Waals surface area contributed by atoms with Gasteiger partial charge < -0.3 is 25.0 Å². The van der Waals surface area contributed by atoms with Crippen LogP contribution >= 0.6 is 24.0 Å². The van der Waals surface area contributed by atoms with Crippen LogP contribution in [0.1, 0.15) is 31.4 Å². The Bertz CT molecular complexity index is 752. The number of rotatable bonds is 8. The van der Waals surface area contributed by atoms with Crippen molar-refractivity contribution in [3.63, 3.8) is 0 Å². The highest BCUT2D eigenvalue weighted by molar-refractivity contribution is 14.0. The zero-order valence-electron chi connectivity index (χ0n) is 18.7. The molecule has 1 saturated heterocycles. The maximum absolute atomic E-state index is 12.2. The normalized spacial score (nSPS) is 16.1. The molecule has 1 fully saturated rings. The van der Waals surface area contributed by atoms with E-state index in [1.165, 1.54) is 0 Å². The number of hydrogen-bond acceptors (Lipinski definition) is 4. The molecule has 0 spiro atoms. The second-order valence-electron chi connectivity index (χ2n) is 7.48. The van der Waals surface area contributed by atoms with Crippen LogP contribution in [0.5, 0.6) is 11.5 Å². The van der Waals surface area contributed by atoms with Crippen LogP contribution in [0.15, 0.2) is 29.8 Å². The van der Waals surface area contributed by atoms with Crippen LogP contribution in [-0.4, -0.2) is 57.2 Å². The van der Waals surface area contributed by atoms with Gasteiger partial charge in [0.25, 0.3) is 0 Å². The third kappa shape index (κ3) is 6.78. The van der Waals surface area contributed by atoms with Gasteiger partial charge in [0.15, 0.2) is 17.5 Å². The van der Waals surface area contributed by atoms with Crippen LogP contribution in [0.4, 0.5) is 0 Å². The minimum Gasteiger partial charge on any atom is -0.493 e. The summed E-state index contributed by atoms with van der Waals surface area (Å²) >= 11 is 0. The summed E-state index contributed by atoms with van der Waals surface area (Å²) < 4.78 is 11.0. The standard InChI is InChI=1S/C22H34N4O3.HI/c1-7-8-17-11-16(12-19(28-5)20(17)29-6)13-24-22(23-4)25-18-9-10-26(14-18)21(27)15(2)3;/h7,11-12,15,18H,1,8-10,13-14H2,2-6H3,(H2,23,24,25);1H. The molecular weight excluding hydrogens is 495 g/mol. The molecular formula is C22H35IN4O3. The van der Waals surface area contributed by atoms with Crippen LogP contribution in [0.2, 0.25) is 0 Å². The summed E-state index contributed by atoms with van der Waals surface area (Å²) in [5, 5.41) is 6.77. The second-order valence-corrected chi connectivity index (χ2v) is 7.48. The number of methoxy groups -OCH3 is 2. The number of halogens is 1. The van der Waals surface area contributed by atoms with Gasteiger partial charge in [0.05, 0.1) is 14.2 Å². The number of carbonyl (C=O) groups is 1. The fraction of sp³-hybridized carbons (Fsp3) is 0.545. The summed E-state index contributed by atoms with van der Waals surface area (Å²) in [6.45, 7) is 9.78. The van der Waals surface area contributed by atoms with Crippen molar-refractivity contribution in [2.45, 2.75) is 39.3 Å². The van der Waals surface area contributed by atoms with E-state index < -0.39 is 0 Å². The van der Waals surface area contributed by atoms with E-state index in [4.69, 9.17) is 9.47 Å². The van der Waals surface area contributed by atoms with E-state index >= 15 is 0 Å². The maximum atomic E-state index is 12.2. The fourth-order valence-corrected chi connectivity index (χ4v) is 3.53. The molecule has 0 saturated carbocycles. The van der Waals surface area contributed by atoms with E-state index in [0.717, 1.165) is 29.8 Å². The molecule has 30 heavy (non-hydrogen) atoms. The molecule has 1 aromatic carbocycles. The smallest absolute Gasteiger partial charge is 0.225 e. The van der Waals surface area contributed by atoms with E-state index in [1.54, 1.807) is 21.3 Å². The molecule has 2 N–H and O–H groups in total. The number of nitrogens with one attached hydrogen (secondary N) is 2. The van der Waals surface area contributed by atoms with Crippen LogP contribution in [0, 0.1) is 5.92 Å². The molecule has 1 aliphatic rings. The van der Waals surface area contributed by atoms with Gasteiger partial charge in [-0.05, 0) is 30.5 Å². The van der Waals surface area contributed by atoms with Gasteiger partial charge in [0, 0.05) is 44.2 Å². The van der Waals surface area contributed by atoms with Gasteiger partial charge >= 0.3 is 0 Å².